The number of nitrogens with one attached hydrogen (secondary N) is 1. The first-order chi connectivity index (χ1) is 14.7. The number of rotatable bonds is 6. The van der Waals surface area contributed by atoms with Crippen molar-refractivity contribution in [2.75, 3.05) is 11.9 Å². The van der Waals surface area contributed by atoms with Crippen LogP contribution in [0.25, 0.3) is 6.08 Å². The summed E-state index contributed by atoms with van der Waals surface area (Å²) in [5.41, 5.74) is 0.0673. The minimum atomic E-state index is -0.672. The molecule has 1 saturated heterocycles. The van der Waals surface area contributed by atoms with Crippen molar-refractivity contribution >= 4 is 80.8 Å². The molecule has 0 aliphatic carbocycles. The molecule has 3 rings (SSSR count). The number of nitro groups is 1. The Morgan fingerprint density at radius 1 is 1.26 bits per heavy atom. The summed E-state index contributed by atoms with van der Waals surface area (Å²) in [6.45, 7) is -0.0225. The molecule has 8 nitrogen and oxygen atoms in total. The fraction of sp³-hybridized carbons (Fsp3) is 0.105. The van der Waals surface area contributed by atoms with E-state index in [9.17, 15) is 24.8 Å². The van der Waals surface area contributed by atoms with Crippen molar-refractivity contribution in [2.24, 2.45) is 0 Å². The Kier molecular flexibility index (Phi) is 7.16. The zero-order valence-electron chi connectivity index (χ0n) is 15.5. The molecule has 1 aliphatic heterocycles. The third kappa shape index (κ3) is 5.53. The van der Waals surface area contributed by atoms with Crippen molar-refractivity contribution in [1.29, 1.82) is 0 Å². The molecule has 2 aromatic rings. The van der Waals surface area contributed by atoms with Gasteiger partial charge in [-0.25, -0.2) is 0 Å². The van der Waals surface area contributed by atoms with Crippen LogP contribution in [0.3, 0.4) is 0 Å². The molecule has 0 atom stereocenters. The molecule has 0 unspecified atom stereocenters. The van der Waals surface area contributed by atoms with E-state index >= 15 is 0 Å². The van der Waals surface area contributed by atoms with Crippen LogP contribution < -0.4 is 10.4 Å². The Morgan fingerprint density at radius 3 is 2.68 bits per heavy atom. The maximum atomic E-state index is 12.7. The number of non-ortho nitro benzene ring substituents is 1. The highest BCUT2D eigenvalue weighted by Gasteiger charge is 2.32. The number of carbonyl (C=O) groups excluding carboxylic acids is 2. The van der Waals surface area contributed by atoms with Crippen molar-refractivity contribution in [1.82, 2.24) is 4.90 Å². The van der Waals surface area contributed by atoms with Crippen LogP contribution >= 0.6 is 47.2 Å². The number of halogens is 2. The largest absolute Gasteiger partial charge is 0.871 e. The second-order valence-corrected chi connectivity index (χ2v) is 8.75. The molecule has 1 fully saturated rings. The fourth-order valence-corrected chi connectivity index (χ4v) is 4.37. The molecule has 1 heterocycles. The molecule has 0 radical (unpaired) electrons. The maximum absolute atomic E-state index is 12.7. The summed E-state index contributed by atoms with van der Waals surface area (Å²) in [6, 6.07) is 7.91. The van der Waals surface area contributed by atoms with Crippen LogP contribution in [-0.4, -0.2) is 32.5 Å². The lowest BCUT2D eigenvalue weighted by atomic mass is 10.2. The lowest BCUT2D eigenvalue weighted by Crippen LogP contribution is -2.31. The van der Waals surface area contributed by atoms with Crippen LogP contribution in [0.4, 0.5) is 11.4 Å². The molecule has 0 spiro atoms. The number of thioether (sulfide) groups is 1. The van der Waals surface area contributed by atoms with Gasteiger partial charge < -0.3 is 10.4 Å². The minimum Gasteiger partial charge on any atom is -0.871 e. The number of hydrogen-bond donors (Lipinski definition) is 1. The van der Waals surface area contributed by atoms with Crippen LogP contribution in [0, 0.1) is 10.1 Å². The molecule has 31 heavy (non-hydrogen) atoms. The predicted molar refractivity (Wildman–Crippen MR) is 122 cm³/mol. The van der Waals surface area contributed by atoms with E-state index in [0.717, 1.165) is 30.0 Å². The molecule has 2 aromatic carbocycles. The number of nitro benzene ring substituents is 1. The molecule has 160 valence electrons. The maximum Gasteiger partial charge on any atom is 0.271 e. The van der Waals surface area contributed by atoms with Gasteiger partial charge in [0.15, 0.2) is 0 Å². The first-order valence-electron chi connectivity index (χ1n) is 8.61. The van der Waals surface area contributed by atoms with Crippen LogP contribution in [0.1, 0.15) is 12.0 Å². The van der Waals surface area contributed by atoms with Gasteiger partial charge in [-0.3, -0.25) is 24.6 Å². The van der Waals surface area contributed by atoms with E-state index < -0.39 is 16.6 Å². The molecule has 0 saturated carbocycles. The zero-order chi connectivity index (χ0) is 22.7. The van der Waals surface area contributed by atoms with Gasteiger partial charge >= 0.3 is 0 Å². The smallest absolute Gasteiger partial charge is 0.271 e. The van der Waals surface area contributed by atoms with Gasteiger partial charge in [-0.15, -0.1) is 0 Å². The summed E-state index contributed by atoms with van der Waals surface area (Å²) in [5.74, 6) is -1.53. The van der Waals surface area contributed by atoms with E-state index in [2.05, 4.69) is 5.32 Å². The SMILES string of the molecule is O=C(CCN1C(=O)/C(=C/c2ccc(Cl)cc2Cl)SC1=S)Nc1cc([N+](=O)[O-])ccc1[O-]. The summed E-state index contributed by atoms with van der Waals surface area (Å²) < 4.78 is 0.272. The van der Waals surface area contributed by atoms with Gasteiger partial charge in [0.05, 0.1) is 9.83 Å². The van der Waals surface area contributed by atoms with Crippen molar-refractivity contribution < 1.29 is 19.6 Å². The van der Waals surface area contributed by atoms with Crippen LogP contribution in [-0.2, 0) is 9.59 Å². The zero-order valence-corrected chi connectivity index (χ0v) is 18.6. The molecular weight excluding hydrogens is 485 g/mol. The molecule has 12 heteroatoms. The van der Waals surface area contributed by atoms with Crippen molar-refractivity contribution in [3.63, 3.8) is 0 Å². The van der Waals surface area contributed by atoms with Crippen LogP contribution in [0.5, 0.6) is 5.75 Å². The third-order valence-electron chi connectivity index (χ3n) is 4.13. The third-order valence-corrected chi connectivity index (χ3v) is 6.07. The Labute approximate surface area is 196 Å². The lowest BCUT2D eigenvalue weighted by molar-refractivity contribution is -0.385. The molecule has 0 aromatic heterocycles. The normalized spacial score (nSPS) is 14.9. The number of thiocarbonyl (C=S) groups is 1. The van der Waals surface area contributed by atoms with Gasteiger partial charge in [-0.05, 0) is 23.8 Å². The Morgan fingerprint density at radius 2 is 2.00 bits per heavy atom. The Bertz CT molecular complexity index is 1140. The average molecular weight is 497 g/mol. The van der Waals surface area contributed by atoms with Gasteiger partial charge in [0.2, 0.25) is 5.91 Å². The second-order valence-electron chi connectivity index (χ2n) is 6.23. The second kappa shape index (κ2) is 9.65. The Hall–Kier alpha value is -2.66. The van der Waals surface area contributed by atoms with Gasteiger partial charge in [0.1, 0.15) is 4.32 Å². The number of nitrogens with zero attached hydrogens (tertiary/aromatic N) is 2. The van der Waals surface area contributed by atoms with E-state index in [1.807, 2.05) is 0 Å². The van der Waals surface area contributed by atoms with Gasteiger partial charge in [0, 0.05) is 40.8 Å². The highest BCUT2D eigenvalue weighted by molar-refractivity contribution is 8.26. The minimum absolute atomic E-state index is 0.0225. The Balaban J connectivity index is 1.65. The highest BCUT2D eigenvalue weighted by Crippen LogP contribution is 2.34. The molecule has 1 N–H and O–H groups in total. The van der Waals surface area contributed by atoms with Gasteiger partial charge in [-0.1, -0.05) is 65.1 Å². The summed E-state index contributed by atoms with van der Waals surface area (Å²) in [4.78, 5) is 36.6. The number of hydrogen-bond acceptors (Lipinski definition) is 7. The van der Waals surface area contributed by atoms with E-state index in [1.54, 1.807) is 24.3 Å². The first kappa shape index (κ1) is 23.0. The van der Waals surface area contributed by atoms with Crippen molar-refractivity contribution in [3.05, 3.63) is 67.0 Å². The van der Waals surface area contributed by atoms with E-state index in [1.165, 1.54) is 4.90 Å². The fourth-order valence-electron chi connectivity index (χ4n) is 2.61. The molecule has 1 aliphatic rings. The lowest BCUT2D eigenvalue weighted by Gasteiger charge is -2.16. The topological polar surface area (TPSA) is 116 Å². The number of benzene rings is 2. The van der Waals surface area contributed by atoms with E-state index in [-0.39, 0.29) is 34.6 Å². The van der Waals surface area contributed by atoms with Crippen molar-refractivity contribution in [2.45, 2.75) is 6.42 Å². The highest BCUT2D eigenvalue weighted by atomic mass is 35.5. The molecule has 2 amide bonds. The monoisotopic (exact) mass is 496 g/mol. The van der Waals surface area contributed by atoms with Gasteiger partial charge in [0.25, 0.3) is 11.6 Å². The summed E-state index contributed by atoms with van der Waals surface area (Å²) >= 11 is 18.3. The summed E-state index contributed by atoms with van der Waals surface area (Å²) in [5, 5.41) is 25.8. The molecular formula is C19H12Cl2N3O5S2-. The number of anilines is 1. The van der Waals surface area contributed by atoms with Gasteiger partial charge in [-0.2, -0.15) is 0 Å². The van der Waals surface area contributed by atoms with Crippen LogP contribution in [0.15, 0.2) is 41.3 Å². The molecule has 0 bridgehead atoms. The summed E-state index contributed by atoms with van der Waals surface area (Å²) in [6.07, 6.45) is 1.42. The van der Waals surface area contributed by atoms with E-state index in [4.69, 9.17) is 35.4 Å². The first-order valence-corrected chi connectivity index (χ1v) is 10.6. The average Bonchev–Trinajstić information content (AvgIpc) is 2.96. The van der Waals surface area contributed by atoms with Crippen LogP contribution in [0.2, 0.25) is 10.0 Å². The summed E-state index contributed by atoms with van der Waals surface area (Å²) in [7, 11) is 0. The standard InChI is InChI=1S/C19H13Cl2N3O5S2/c20-11-2-1-10(13(21)8-11)7-16-18(27)23(19(30)31-16)6-5-17(26)22-14-9-12(24(28)29)3-4-15(14)25/h1-4,7-9,25H,5-6H2,(H,22,26)/p-1/b16-7-. The number of carbonyl (C=O) groups is 2. The number of amides is 2. The van der Waals surface area contributed by atoms with Crippen molar-refractivity contribution in [3.8, 4) is 5.75 Å². The van der Waals surface area contributed by atoms with E-state index in [0.29, 0.717) is 20.5 Å². The predicted octanol–water partition coefficient (Wildman–Crippen LogP) is 4.21. The quantitative estimate of drug-likeness (QED) is 0.275.